The summed E-state index contributed by atoms with van der Waals surface area (Å²) in [5.74, 6) is 1.28. The van der Waals surface area contributed by atoms with E-state index >= 15 is 0 Å². The maximum Gasteiger partial charge on any atom is 0.188 e. The molecular formula is C17H22O2. The van der Waals surface area contributed by atoms with Gasteiger partial charge in [0.1, 0.15) is 6.61 Å². The molecule has 0 saturated heterocycles. The van der Waals surface area contributed by atoms with Gasteiger partial charge in [0, 0.05) is 5.56 Å². The van der Waals surface area contributed by atoms with Gasteiger partial charge < -0.3 is 4.74 Å². The summed E-state index contributed by atoms with van der Waals surface area (Å²) in [6, 6.07) is 7.67. The van der Waals surface area contributed by atoms with Crippen LogP contribution in [0.2, 0.25) is 0 Å². The van der Waals surface area contributed by atoms with Crippen molar-refractivity contribution in [2.24, 2.45) is 11.8 Å². The Labute approximate surface area is 115 Å². The van der Waals surface area contributed by atoms with E-state index in [1.807, 2.05) is 31.2 Å². The lowest BCUT2D eigenvalue weighted by molar-refractivity contribution is 0.0602. The van der Waals surface area contributed by atoms with Crippen molar-refractivity contribution >= 4 is 5.78 Å². The van der Waals surface area contributed by atoms with Crippen molar-refractivity contribution < 1.29 is 9.53 Å². The second kappa shape index (κ2) is 6.67. The summed E-state index contributed by atoms with van der Waals surface area (Å²) in [4.78, 5) is 12.0. The van der Waals surface area contributed by atoms with Gasteiger partial charge in [0.05, 0.1) is 6.61 Å². The van der Waals surface area contributed by atoms with Crippen LogP contribution in [0.15, 0.2) is 36.4 Å². The summed E-state index contributed by atoms with van der Waals surface area (Å²) in [5, 5.41) is 0. The van der Waals surface area contributed by atoms with Gasteiger partial charge in [-0.3, -0.25) is 4.79 Å². The Kier molecular flexibility index (Phi) is 4.92. The molecule has 0 N–H and O–H groups in total. The minimum absolute atomic E-state index is 0.0719. The van der Waals surface area contributed by atoms with Crippen LogP contribution < -0.4 is 0 Å². The van der Waals surface area contributed by atoms with E-state index < -0.39 is 0 Å². The Balaban J connectivity index is 1.79. The van der Waals surface area contributed by atoms with Gasteiger partial charge >= 0.3 is 0 Å². The van der Waals surface area contributed by atoms with Crippen molar-refractivity contribution in [3.05, 3.63) is 47.5 Å². The second-order valence-corrected chi connectivity index (χ2v) is 5.49. The molecule has 0 fully saturated rings. The summed E-state index contributed by atoms with van der Waals surface area (Å²) >= 11 is 0. The second-order valence-electron chi connectivity index (χ2n) is 5.49. The number of rotatable bonds is 5. The molecule has 0 aromatic heterocycles. The molecule has 0 radical (unpaired) electrons. The summed E-state index contributed by atoms with van der Waals surface area (Å²) in [6.45, 7) is 5.12. The Morgan fingerprint density at radius 2 is 2.11 bits per heavy atom. The molecule has 19 heavy (non-hydrogen) atoms. The molecule has 2 heteroatoms. The molecule has 1 aromatic carbocycles. The SMILES string of the molecule is Cc1cccc(C(=O)COCC2CC=CCC2C)c1. The van der Waals surface area contributed by atoms with Gasteiger partial charge in [-0.1, -0.05) is 42.8 Å². The standard InChI is InChI=1S/C17H22O2/c1-13-6-5-9-15(10-13)17(18)12-19-11-16-8-4-3-7-14(16)2/h3-6,9-10,14,16H,7-8,11-12H2,1-2H3. The van der Waals surface area contributed by atoms with E-state index in [1.165, 1.54) is 0 Å². The number of benzene rings is 1. The quantitative estimate of drug-likeness (QED) is 0.593. The summed E-state index contributed by atoms with van der Waals surface area (Å²) in [6.07, 6.45) is 6.65. The molecule has 1 aliphatic carbocycles. The van der Waals surface area contributed by atoms with Crippen LogP contribution in [0.1, 0.15) is 35.7 Å². The van der Waals surface area contributed by atoms with Gasteiger partial charge in [-0.15, -0.1) is 0 Å². The number of hydrogen-bond donors (Lipinski definition) is 0. The van der Waals surface area contributed by atoms with E-state index in [4.69, 9.17) is 4.74 Å². The number of Topliss-reactive ketones (excluding diaryl/α,β-unsaturated/α-hetero) is 1. The minimum Gasteiger partial charge on any atom is -0.373 e. The molecule has 1 aromatic rings. The maximum atomic E-state index is 12.0. The van der Waals surface area contributed by atoms with E-state index in [-0.39, 0.29) is 12.4 Å². The third kappa shape index (κ3) is 4.03. The Bertz CT molecular complexity index is 462. The fourth-order valence-corrected chi connectivity index (χ4v) is 2.44. The number of aryl methyl sites for hydroxylation is 1. The van der Waals surface area contributed by atoms with Crippen LogP contribution >= 0.6 is 0 Å². The summed E-state index contributed by atoms with van der Waals surface area (Å²) in [5.41, 5.74) is 1.86. The lowest BCUT2D eigenvalue weighted by atomic mass is 9.85. The molecule has 2 rings (SSSR count). The average molecular weight is 258 g/mol. The van der Waals surface area contributed by atoms with Gasteiger partial charge in [-0.25, -0.2) is 0 Å². The van der Waals surface area contributed by atoms with Crippen LogP contribution in [-0.2, 0) is 4.74 Å². The van der Waals surface area contributed by atoms with Crippen LogP contribution in [0.3, 0.4) is 0 Å². The first-order chi connectivity index (χ1) is 9.16. The Hall–Kier alpha value is -1.41. The van der Waals surface area contributed by atoms with Crippen LogP contribution in [0.4, 0.5) is 0 Å². The fourth-order valence-electron chi connectivity index (χ4n) is 2.44. The van der Waals surface area contributed by atoms with Gasteiger partial charge in [-0.2, -0.15) is 0 Å². The van der Waals surface area contributed by atoms with Crippen molar-refractivity contribution in [3.8, 4) is 0 Å². The molecule has 102 valence electrons. The highest BCUT2D eigenvalue weighted by molar-refractivity contribution is 5.97. The van der Waals surface area contributed by atoms with Crippen LogP contribution in [0.25, 0.3) is 0 Å². The number of ether oxygens (including phenoxy) is 1. The van der Waals surface area contributed by atoms with Crippen molar-refractivity contribution in [2.75, 3.05) is 13.2 Å². The number of carbonyl (C=O) groups is 1. The monoisotopic (exact) mass is 258 g/mol. The highest BCUT2D eigenvalue weighted by Gasteiger charge is 2.18. The first-order valence-corrected chi connectivity index (χ1v) is 6.99. The number of allylic oxidation sites excluding steroid dienone is 2. The van der Waals surface area contributed by atoms with Crippen LogP contribution in [0.5, 0.6) is 0 Å². The largest absolute Gasteiger partial charge is 0.373 e. The van der Waals surface area contributed by atoms with Gasteiger partial charge in [0.15, 0.2) is 5.78 Å². The molecule has 2 atom stereocenters. The van der Waals surface area contributed by atoms with E-state index in [0.29, 0.717) is 18.4 Å². The molecule has 0 bridgehead atoms. The van der Waals surface area contributed by atoms with Crippen molar-refractivity contribution in [1.29, 1.82) is 0 Å². The van der Waals surface area contributed by atoms with Crippen LogP contribution in [0, 0.1) is 18.8 Å². The minimum atomic E-state index is 0.0719. The molecule has 1 aliphatic rings. The lowest BCUT2D eigenvalue weighted by Gasteiger charge is -2.24. The molecule has 2 nitrogen and oxygen atoms in total. The van der Waals surface area contributed by atoms with E-state index in [2.05, 4.69) is 19.1 Å². The molecular weight excluding hydrogens is 236 g/mol. The zero-order valence-electron chi connectivity index (χ0n) is 11.8. The highest BCUT2D eigenvalue weighted by atomic mass is 16.5. The van der Waals surface area contributed by atoms with Crippen molar-refractivity contribution in [3.63, 3.8) is 0 Å². The Morgan fingerprint density at radius 1 is 1.32 bits per heavy atom. The van der Waals surface area contributed by atoms with Gasteiger partial charge in [0.25, 0.3) is 0 Å². The van der Waals surface area contributed by atoms with Crippen molar-refractivity contribution in [1.82, 2.24) is 0 Å². The lowest BCUT2D eigenvalue weighted by Crippen LogP contribution is -2.21. The number of carbonyl (C=O) groups excluding carboxylic acids is 1. The topological polar surface area (TPSA) is 26.3 Å². The average Bonchev–Trinajstić information content (AvgIpc) is 2.41. The van der Waals surface area contributed by atoms with Crippen molar-refractivity contribution in [2.45, 2.75) is 26.7 Å². The molecule has 0 spiro atoms. The van der Waals surface area contributed by atoms with Gasteiger partial charge in [0.2, 0.25) is 0 Å². The molecule has 0 saturated carbocycles. The molecule has 0 aliphatic heterocycles. The van der Waals surface area contributed by atoms with Crippen LogP contribution in [-0.4, -0.2) is 19.0 Å². The maximum absolute atomic E-state index is 12.0. The number of ketones is 1. The predicted octanol–water partition coefficient (Wildman–Crippen LogP) is 3.80. The molecule has 0 amide bonds. The van der Waals surface area contributed by atoms with E-state index in [0.717, 1.165) is 24.0 Å². The molecule has 2 unspecified atom stereocenters. The first-order valence-electron chi connectivity index (χ1n) is 6.99. The highest BCUT2D eigenvalue weighted by Crippen LogP contribution is 2.25. The summed E-state index contributed by atoms with van der Waals surface area (Å²) in [7, 11) is 0. The molecule has 0 heterocycles. The zero-order valence-corrected chi connectivity index (χ0v) is 11.8. The van der Waals surface area contributed by atoms with Gasteiger partial charge in [-0.05, 0) is 37.7 Å². The number of hydrogen-bond acceptors (Lipinski definition) is 2. The van der Waals surface area contributed by atoms with E-state index in [9.17, 15) is 4.79 Å². The van der Waals surface area contributed by atoms with E-state index in [1.54, 1.807) is 0 Å². The predicted molar refractivity (Wildman–Crippen MR) is 77.4 cm³/mol. The third-order valence-electron chi connectivity index (χ3n) is 3.82. The summed E-state index contributed by atoms with van der Waals surface area (Å²) < 4.78 is 5.62. The Morgan fingerprint density at radius 3 is 2.84 bits per heavy atom. The zero-order chi connectivity index (χ0) is 13.7. The normalized spacial score (nSPS) is 22.4. The first kappa shape index (κ1) is 14.0. The fraction of sp³-hybridized carbons (Fsp3) is 0.471. The smallest absolute Gasteiger partial charge is 0.188 e. The third-order valence-corrected chi connectivity index (χ3v) is 3.82.